The maximum absolute atomic E-state index is 11.1. The van der Waals surface area contributed by atoms with Crippen LogP contribution in [-0.2, 0) is 6.54 Å². The van der Waals surface area contributed by atoms with Crippen molar-refractivity contribution in [1.29, 1.82) is 0 Å². The Morgan fingerprint density at radius 1 is 1.17 bits per heavy atom. The molecule has 0 bridgehead atoms. The van der Waals surface area contributed by atoms with E-state index in [1.54, 1.807) is 18.2 Å². The number of fused-ring (bicyclic) bond motifs is 1. The lowest BCUT2D eigenvalue weighted by Crippen LogP contribution is -2.20. The minimum absolute atomic E-state index is 0.348. The lowest BCUT2D eigenvalue weighted by molar-refractivity contribution is 0.0696. The molecule has 2 N–H and O–H groups in total. The SMILES string of the molecule is CC(C)[C@@H]1C[C@@H](CNCc2cccc(C(=O)O)c2)c2ccccc21. The Labute approximate surface area is 143 Å². The molecule has 24 heavy (non-hydrogen) atoms. The molecular formula is C21H25NO2. The predicted octanol–water partition coefficient (Wildman–Crippen LogP) is 4.40. The molecule has 3 rings (SSSR count). The molecule has 0 amide bonds. The number of hydrogen-bond donors (Lipinski definition) is 2. The van der Waals surface area contributed by atoms with Crippen molar-refractivity contribution < 1.29 is 9.90 Å². The molecule has 0 saturated carbocycles. The summed E-state index contributed by atoms with van der Waals surface area (Å²) in [5.74, 6) is 0.962. The molecule has 0 aliphatic heterocycles. The molecule has 0 saturated heterocycles. The van der Waals surface area contributed by atoms with Crippen LogP contribution in [0.1, 0.15) is 59.2 Å². The minimum Gasteiger partial charge on any atom is -0.478 e. The fourth-order valence-electron chi connectivity index (χ4n) is 3.81. The van der Waals surface area contributed by atoms with Gasteiger partial charge in [-0.05, 0) is 53.0 Å². The molecule has 2 aromatic rings. The second-order valence-electron chi connectivity index (χ2n) is 7.05. The first-order chi connectivity index (χ1) is 11.6. The van der Waals surface area contributed by atoms with E-state index in [-0.39, 0.29) is 0 Å². The summed E-state index contributed by atoms with van der Waals surface area (Å²) in [6, 6.07) is 16.0. The number of hydrogen-bond acceptors (Lipinski definition) is 2. The third kappa shape index (κ3) is 3.51. The first kappa shape index (κ1) is 16.7. The maximum atomic E-state index is 11.1. The Kier molecular flexibility index (Phi) is 5.00. The van der Waals surface area contributed by atoms with Crippen LogP contribution in [0.5, 0.6) is 0 Å². The van der Waals surface area contributed by atoms with E-state index < -0.39 is 5.97 Å². The summed E-state index contributed by atoms with van der Waals surface area (Å²) < 4.78 is 0. The second-order valence-corrected chi connectivity index (χ2v) is 7.05. The summed E-state index contributed by atoms with van der Waals surface area (Å²) >= 11 is 0. The van der Waals surface area contributed by atoms with Crippen molar-refractivity contribution in [2.24, 2.45) is 5.92 Å². The van der Waals surface area contributed by atoms with Gasteiger partial charge in [-0.25, -0.2) is 4.79 Å². The van der Waals surface area contributed by atoms with Crippen LogP contribution in [0.3, 0.4) is 0 Å². The number of carboxylic acid groups (broad SMARTS) is 1. The zero-order valence-corrected chi connectivity index (χ0v) is 14.3. The molecule has 1 aliphatic carbocycles. The summed E-state index contributed by atoms with van der Waals surface area (Å²) in [6.07, 6.45) is 1.19. The topological polar surface area (TPSA) is 49.3 Å². The molecule has 0 unspecified atom stereocenters. The van der Waals surface area contributed by atoms with Gasteiger partial charge < -0.3 is 10.4 Å². The van der Waals surface area contributed by atoms with Crippen molar-refractivity contribution in [3.8, 4) is 0 Å². The zero-order chi connectivity index (χ0) is 17.1. The number of carboxylic acids is 1. The van der Waals surface area contributed by atoms with Crippen LogP contribution in [0.2, 0.25) is 0 Å². The van der Waals surface area contributed by atoms with Gasteiger partial charge in [-0.15, -0.1) is 0 Å². The van der Waals surface area contributed by atoms with E-state index in [4.69, 9.17) is 5.11 Å². The number of rotatable bonds is 6. The van der Waals surface area contributed by atoms with Gasteiger partial charge >= 0.3 is 5.97 Å². The molecular weight excluding hydrogens is 298 g/mol. The van der Waals surface area contributed by atoms with E-state index in [0.29, 0.717) is 29.9 Å². The van der Waals surface area contributed by atoms with Crippen molar-refractivity contribution in [1.82, 2.24) is 5.32 Å². The second kappa shape index (κ2) is 7.18. The van der Waals surface area contributed by atoms with Gasteiger partial charge in [-0.2, -0.15) is 0 Å². The van der Waals surface area contributed by atoms with Crippen molar-refractivity contribution in [2.75, 3.05) is 6.54 Å². The van der Waals surface area contributed by atoms with Gasteiger partial charge in [0.1, 0.15) is 0 Å². The van der Waals surface area contributed by atoms with Crippen LogP contribution in [0, 0.1) is 5.92 Å². The molecule has 0 aromatic heterocycles. The van der Waals surface area contributed by atoms with Gasteiger partial charge in [0.2, 0.25) is 0 Å². The molecule has 2 atom stereocenters. The van der Waals surface area contributed by atoms with Crippen molar-refractivity contribution in [3.05, 3.63) is 70.8 Å². The van der Waals surface area contributed by atoms with E-state index >= 15 is 0 Å². The van der Waals surface area contributed by atoms with Gasteiger partial charge in [-0.1, -0.05) is 50.2 Å². The third-order valence-corrected chi connectivity index (χ3v) is 5.07. The van der Waals surface area contributed by atoms with Crippen molar-refractivity contribution in [3.63, 3.8) is 0 Å². The Morgan fingerprint density at radius 2 is 1.92 bits per heavy atom. The van der Waals surface area contributed by atoms with E-state index in [0.717, 1.165) is 12.1 Å². The van der Waals surface area contributed by atoms with Crippen LogP contribution in [0.25, 0.3) is 0 Å². The number of carbonyl (C=O) groups is 1. The van der Waals surface area contributed by atoms with Gasteiger partial charge in [-0.3, -0.25) is 0 Å². The van der Waals surface area contributed by atoms with Gasteiger partial charge in [0, 0.05) is 13.1 Å². The standard InChI is InChI=1S/C21H25NO2/c1-14(2)20-11-17(18-8-3-4-9-19(18)20)13-22-12-15-6-5-7-16(10-15)21(23)24/h3-10,14,17,20,22H,11-13H2,1-2H3,(H,23,24)/t17-,20-/m0/s1. The van der Waals surface area contributed by atoms with Crippen LogP contribution < -0.4 is 5.32 Å². The highest BCUT2D eigenvalue weighted by Gasteiger charge is 2.31. The highest BCUT2D eigenvalue weighted by Crippen LogP contribution is 2.44. The number of benzene rings is 2. The summed E-state index contributed by atoms with van der Waals surface area (Å²) in [6.45, 7) is 6.23. The largest absolute Gasteiger partial charge is 0.478 e. The highest BCUT2D eigenvalue weighted by molar-refractivity contribution is 5.87. The molecule has 2 aromatic carbocycles. The van der Waals surface area contributed by atoms with Crippen LogP contribution in [0.15, 0.2) is 48.5 Å². The van der Waals surface area contributed by atoms with Crippen LogP contribution >= 0.6 is 0 Å². The van der Waals surface area contributed by atoms with Crippen LogP contribution in [0.4, 0.5) is 0 Å². The summed E-state index contributed by atoms with van der Waals surface area (Å²) in [7, 11) is 0. The van der Waals surface area contributed by atoms with Gasteiger partial charge in [0.15, 0.2) is 0 Å². The summed E-state index contributed by atoms with van der Waals surface area (Å²) in [5, 5.41) is 12.6. The summed E-state index contributed by atoms with van der Waals surface area (Å²) in [4.78, 5) is 11.1. The molecule has 0 fully saturated rings. The molecule has 0 heterocycles. The predicted molar refractivity (Wildman–Crippen MR) is 96.5 cm³/mol. The number of nitrogens with one attached hydrogen (secondary N) is 1. The average Bonchev–Trinajstić information content (AvgIpc) is 2.94. The first-order valence-corrected chi connectivity index (χ1v) is 8.68. The quantitative estimate of drug-likeness (QED) is 0.828. The van der Waals surface area contributed by atoms with E-state index in [2.05, 4.69) is 43.4 Å². The highest BCUT2D eigenvalue weighted by atomic mass is 16.4. The molecule has 0 radical (unpaired) electrons. The molecule has 3 heteroatoms. The lowest BCUT2D eigenvalue weighted by atomic mass is 9.90. The minimum atomic E-state index is -0.874. The van der Waals surface area contributed by atoms with E-state index in [1.165, 1.54) is 17.5 Å². The van der Waals surface area contributed by atoms with Gasteiger partial charge in [0.25, 0.3) is 0 Å². The molecule has 1 aliphatic rings. The van der Waals surface area contributed by atoms with Crippen molar-refractivity contribution >= 4 is 5.97 Å². The fourth-order valence-corrected chi connectivity index (χ4v) is 3.81. The third-order valence-electron chi connectivity index (χ3n) is 5.07. The Hall–Kier alpha value is -2.13. The average molecular weight is 323 g/mol. The van der Waals surface area contributed by atoms with Crippen LogP contribution in [-0.4, -0.2) is 17.6 Å². The molecule has 0 spiro atoms. The molecule has 126 valence electrons. The maximum Gasteiger partial charge on any atom is 0.335 e. The Morgan fingerprint density at radius 3 is 2.62 bits per heavy atom. The van der Waals surface area contributed by atoms with E-state index in [9.17, 15) is 4.79 Å². The van der Waals surface area contributed by atoms with Crippen molar-refractivity contribution in [2.45, 2.75) is 38.6 Å². The Bertz CT molecular complexity index is 723. The fraction of sp³-hybridized carbons (Fsp3) is 0.381. The van der Waals surface area contributed by atoms with Gasteiger partial charge in [0.05, 0.1) is 5.56 Å². The lowest BCUT2D eigenvalue weighted by Gasteiger charge is -2.16. The normalized spacial score (nSPS) is 19.5. The number of aromatic carboxylic acids is 1. The molecule has 3 nitrogen and oxygen atoms in total. The Balaban J connectivity index is 1.63. The monoisotopic (exact) mass is 323 g/mol. The first-order valence-electron chi connectivity index (χ1n) is 8.68. The smallest absolute Gasteiger partial charge is 0.335 e. The summed E-state index contributed by atoms with van der Waals surface area (Å²) in [5.41, 5.74) is 4.34. The van der Waals surface area contributed by atoms with E-state index in [1.807, 2.05) is 6.07 Å². The zero-order valence-electron chi connectivity index (χ0n) is 14.3.